The van der Waals surface area contributed by atoms with E-state index in [1.807, 2.05) is 23.1 Å². The van der Waals surface area contributed by atoms with Gasteiger partial charge in [0.25, 0.3) is 0 Å². The van der Waals surface area contributed by atoms with Gasteiger partial charge < -0.3 is 11.1 Å². The number of hydrogen-bond donors (Lipinski definition) is 2. The largest absolute Gasteiger partial charge is 0.368 e. The zero-order valence-corrected chi connectivity index (χ0v) is 15.5. The maximum absolute atomic E-state index is 13.8. The van der Waals surface area contributed by atoms with E-state index >= 15 is 0 Å². The summed E-state index contributed by atoms with van der Waals surface area (Å²) in [6.45, 7) is 1.40. The van der Waals surface area contributed by atoms with Crippen LogP contribution in [0.15, 0.2) is 42.5 Å². The van der Waals surface area contributed by atoms with Gasteiger partial charge in [-0.2, -0.15) is 0 Å². The fourth-order valence-electron chi connectivity index (χ4n) is 3.39. The number of primary amides is 1. The number of likely N-dealkylation sites (tertiary alicyclic amines) is 1. The molecule has 0 unspecified atom stereocenters. The molecule has 1 atom stereocenters. The smallest absolute Gasteiger partial charge is 0.234 e. The Hall–Kier alpha value is -2.44. The molecule has 0 aromatic heterocycles. The second kappa shape index (κ2) is 8.50. The summed E-state index contributed by atoms with van der Waals surface area (Å²) in [4.78, 5) is 25.8. The van der Waals surface area contributed by atoms with Crippen LogP contribution in [0.2, 0.25) is 5.02 Å². The number of nitrogens with zero attached hydrogens (tertiary/aromatic N) is 1. The van der Waals surface area contributed by atoms with E-state index in [1.165, 1.54) is 12.1 Å². The molecule has 2 aromatic carbocycles. The van der Waals surface area contributed by atoms with Gasteiger partial charge in [-0.3, -0.25) is 14.5 Å². The van der Waals surface area contributed by atoms with Gasteiger partial charge in [-0.25, -0.2) is 4.39 Å². The fraction of sp³-hybridized carbons (Fsp3) is 0.300. The Morgan fingerprint density at radius 1 is 1.26 bits per heavy atom. The van der Waals surface area contributed by atoms with E-state index in [0.29, 0.717) is 12.2 Å². The average molecular weight is 390 g/mol. The zero-order chi connectivity index (χ0) is 19.4. The van der Waals surface area contributed by atoms with E-state index in [1.54, 1.807) is 12.1 Å². The number of rotatable bonds is 6. The Labute approximate surface area is 162 Å². The molecule has 1 saturated heterocycles. The molecule has 1 heterocycles. The Morgan fingerprint density at radius 2 is 2.04 bits per heavy atom. The van der Waals surface area contributed by atoms with Crippen LogP contribution in [0.5, 0.6) is 0 Å². The number of benzene rings is 2. The van der Waals surface area contributed by atoms with Crippen molar-refractivity contribution in [1.82, 2.24) is 4.90 Å². The lowest BCUT2D eigenvalue weighted by molar-refractivity contribution is -0.122. The van der Waals surface area contributed by atoms with Gasteiger partial charge in [-0.05, 0) is 49.2 Å². The van der Waals surface area contributed by atoms with Gasteiger partial charge in [-0.1, -0.05) is 29.8 Å². The third kappa shape index (κ3) is 4.84. The summed E-state index contributed by atoms with van der Waals surface area (Å²) in [5, 5.41) is 3.00. The third-order valence-corrected chi connectivity index (χ3v) is 5.04. The summed E-state index contributed by atoms with van der Waals surface area (Å²) < 4.78 is 13.8. The summed E-state index contributed by atoms with van der Waals surface area (Å²) in [5.74, 6) is -1.16. The van der Waals surface area contributed by atoms with Crippen LogP contribution in [0, 0.1) is 5.82 Å². The lowest BCUT2D eigenvalue weighted by Crippen LogP contribution is -2.39. The molecule has 3 rings (SSSR count). The molecule has 5 nitrogen and oxygen atoms in total. The third-order valence-electron chi connectivity index (χ3n) is 4.69. The summed E-state index contributed by atoms with van der Waals surface area (Å²) in [7, 11) is 0. The number of carbonyl (C=O) groups excluding carboxylic acids is 2. The van der Waals surface area contributed by atoms with Crippen molar-refractivity contribution in [2.75, 3.05) is 11.9 Å². The van der Waals surface area contributed by atoms with Gasteiger partial charge in [-0.15, -0.1) is 0 Å². The monoisotopic (exact) mass is 389 g/mol. The number of nitrogens with one attached hydrogen (secondary N) is 1. The number of carbonyl (C=O) groups is 2. The van der Waals surface area contributed by atoms with Gasteiger partial charge in [0.05, 0.1) is 12.5 Å². The fourth-order valence-corrected chi connectivity index (χ4v) is 3.62. The number of amides is 2. The molecule has 0 bridgehead atoms. The Morgan fingerprint density at radius 3 is 2.78 bits per heavy atom. The highest BCUT2D eigenvalue weighted by Crippen LogP contribution is 2.22. The van der Waals surface area contributed by atoms with Gasteiger partial charge >= 0.3 is 0 Å². The second-order valence-electron chi connectivity index (χ2n) is 6.66. The quantitative estimate of drug-likeness (QED) is 0.797. The topological polar surface area (TPSA) is 75.4 Å². The minimum absolute atomic E-state index is 0.147. The van der Waals surface area contributed by atoms with Crippen molar-refractivity contribution in [1.29, 1.82) is 0 Å². The molecule has 3 N–H and O–H groups in total. The molecule has 0 radical (unpaired) electrons. The van der Waals surface area contributed by atoms with Crippen molar-refractivity contribution in [3.8, 4) is 0 Å². The summed E-state index contributed by atoms with van der Waals surface area (Å²) >= 11 is 5.97. The van der Waals surface area contributed by atoms with Crippen molar-refractivity contribution in [3.63, 3.8) is 0 Å². The number of nitrogens with two attached hydrogens (primary N) is 1. The highest BCUT2D eigenvalue weighted by molar-refractivity contribution is 6.31. The van der Waals surface area contributed by atoms with Crippen LogP contribution in [0.4, 0.5) is 10.1 Å². The first-order chi connectivity index (χ1) is 12.9. The van der Waals surface area contributed by atoms with Crippen LogP contribution in [0.25, 0.3) is 0 Å². The standard InChI is InChI=1S/C20H21ClFN3O2/c21-16-6-2-7-17(22)15(16)11-19(26)24-14-5-1-4-13(10-14)12-25-9-3-8-18(25)20(23)27/h1-2,4-7,10,18H,3,8-9,11-12H2,(H2,23,27)(H,24,26)/t18-/m0/s1. The molecular formula is C20H21ClFN3O2. The lowest BCUT2D eigenvalue weighted by Gasteiger charge is -2.22. The highest BCUT2D eigenvalue weighted by atomic mass is 35.5. The number of halogens is 2. The van der Waals surface area contributed by atoms with E-state index in [0.717, 1.165) is 24.9 Å². The predicted molar refractivity (Wildman–Crippen MR) is 103 cm³/mol. The summed E-state index contributed by atoms with van der Waals surface area (Å²) in [5.41, 5.74) is 7.21. The molecule has 1 fully saturated rings. The normalized spacial score (nSPS) is 17.0. The van der Waals surface area contributed by atoms with E-state index in [9.17, 15) is 14.0 Å². The molecule has 0 aliphatic carbocycles. The van der Waals surface area contributed by atoms with Crippen molar-refractivity contribution < 1.29 is 14.0 Å². The van der Waals surface area contributed by atoms with Gasteiger partial charge in [0.15, 0.2) is 0 Å². The Balaban J connectivity index is 1.65. The predicted octanol–water partition coefficient (Wildman–Crippen LogP) is 3.11. The molecule has 2 aromatic rings. The zero-order valence-electron chi connectivity index (χ0n) is 14.8. The average Bonchev–Trinajstić information content (AvgIpc) is 3.07. The van der Waals surface area contributed by atoms with Crippen LogP contribution >= 0.6 is 11.6 Å². The Bertz CT molecular complexity index is 839. The first-order valence-electron chi connectivity index (χ1n) is 8.79. The van der Waals surface area contributed by atoms with Gasteiger partial charge in [0.2, 0.25) is 11.8 Å². The minimum Gasteiger partial charge on any atom is -0.368 e. The van der Waals surface area contributed by atoms with Gasteiger partial charge in [0.1, 0.15) is 5.82 Å². The molecule has 0 spiro atoms. The van der Waals surface area contributed by atoms with Crippen LogP contribution < -0.4 is 11.1 Å². The van der Waals surface area contributed by atoms with Crippen LogP contribution in [0.1, 0.15) is 24.0 Å². The van der Waals surface area contributed by atoms with E-state index < -0.39 is 5.82 Å². The van der Waals surface area contributed by atoms with Crippen molar-refractivity contribution >= 4 is 29.1 Å². The maximum atomic E-state index is 13.8. The lowest BCUT2D eigenvalue weighted by atomic mass is 10.1. The molecule has 27 heavy (non-hydrogen) atoms. The number of anilines is 1. The number of hydrogen-bond acceptors (Lipinski definition) is 3. The van der Waals surface area contributed by atoms with Crippen LogP contribution in [-0.4, -0.2) is 29.3 Å². The van der Waals surface area contributed by atoms with Gasteiger partial charge in [0, 0.05) is 22.8 Å². The van der Waals surface area contributed by atoms with E-state index in [-0.39, 0.29) is 34.9 Å². The minimum atomic E-state index is -0.502. The first-order valence-corrected chi connectivity index (χ1v) is 9.17. The maximum Gasteiger partial charge on any atom is 0.234 e. The second-order valence-corrected chi connectivity index (χ2v) is 7.06. The SMILES string of the molecule is NC(=O)[C@@H]1CCCN1Cc1cccc(NC(=O)Cc2c(F)cccc2Cl)c1. The van der Waals surface area contributed by atoms with E-state index in [2.05, 4.69) is 5.32 Å². The molecule has 2 amide bonds. The summed E-state index contributed by atoms with van der Waals surface area (Å²) in [6, 6.07) is 11.5. The molecule has 7 heteroatoms. The van der Waals surface area contributed by atoms with Crippen molar-refractivity contribution in [2.24, 2.45) is 5.73 Å². The molecular weight excluding hydrogens is 369 g/mol. The van der Waals surface area contributed by atoms with Crippen LogP contribution in [0.3, 0.4) is 0 Å². The summed E-state index contributed by atoms with van der Waals surface area (Å²) in [6.07, 6.45) is 1.56. The highest BCUT2D eigenvalue weighted by Gasteiger charge is 2.28. The molecule has 0 saturated carbocycles. The Kier molecular flexibility index (Phi) is 6.08. The first kappa shape index (κ1) is 19.3. The molecule has 142 valence electrons. The van der Waals surface area contributed by atoms with Crippen LogP contribution in [-0.2, 0) is 22.6 Å². The molecule has 1 aliphatic rings. The van der Waals surface area contributed by atoms with E-state index in [4.69, 9.17) is 17.3 Å². The molecule has 1 aliphatic heterocycles. The van der Waals surface area contributed by atoms with Crippen molar-refractivity contribution in [2.45, 2.75) is 31.8 Å². The van der Waals surface area contributed by atoms with Crippen molar-refractivity contribution in [3.05, 3.63) is 64.4 Å².